The zero-order chi connectivity index (χ0) is 15.7. The van der Waals surface area contributed by atoms with Crippen LogP contribution in [0.2, 0.25) is 0 Å². The van der Waals surface area contributed by atoms with Gasteiger partial charge in [0.25, 0.3) is 0 Å². The lowest BCUT2D eigenvalue weighted by Gasteiger charge is -2.42. The summed E-state index contributed by atoms with van der Waals surface area (Å²) in [6, 6.07) is 3.43. The highest BCUT2D eigenvalue weighted by molar-refractivity contribution is 9.10. The smallest absolute Gasteiger partial charge is 0.308 e. The second-order valence-corrected chi connectivity index (χ2v) is 6.40. The number of carboxylic acids is 1. The second-order valence-electron chi connectivity index (χ2n) is 5.49. The van der Waals surface area contributed by atoms with Crippen molar-refractivity contribution in [2.75, 3.05) is 0 Å². The van der Waals surface area contributed by atoms with E-state index in [0.717, 1.165) is 0 Å². The average Bonchev–Trinajstić information content (AvgIpc) is 2.40. The van der Waals surface area contributed by atoms with Crippen molar-refractivity contribution in [3.63, 3.8) is 0 Å². The zero-order valence-corrected chi connectivity index (χ0v) is 13.4. The van der Waals surface area contributed by atoms with Gasteiger partial charge in [0.2, 0.25) is 5.91 Å². The highest BCUT2D eigenvalue weighted by Crippen LogP contribution is 2.40. The van der Waals surface area contributed by atoms with Crippen LogP contribution in [-0.4, -0.2) is 27.9 Å². The summed E-state index contributed by atoms with van der Waals surface area (Å²) in [5, 5.41) is 9.44. The van der Waals surface area contributed by atoms with Gasteiger partial charge in [-0.2, -0.15) is 0 Å². The minimum atomic E-state index is -1.00. The molecular weight excluding hydrogens is 341 g/mol. The van der Waals surface area contributed by atoms with Gasteiger partial charge < -0.3 is 10.0 Å². The Balaban J connectivity index is 2.56. The number of carboxylic acid groups (broad SMARTS) is 1. The molecule has 114 valence electrons. The van der Waals surface area contributed by atoms with Gasteiger partial charge in [-0.25, -0.2) is 4.39 Å². The van der Waals surface area contributed by atoms with Crippen LogP contribution in [-0.2, 0) is 9.59 Å². The van der Waals surface area contributed by atoms with E-state index in [4.69, 9.17) is 0 Å². The number of hydrogen-bond donors (Lipinski definition) is 1. The number of amides is 1. The Kier molecular flexibility index (Phi) is 4.66. The molecule has 1 aromatic rings. The molecule has 6 heteroatoms. The summed E-state index contributed by atoms with van der Waals surface area (Å²) in [6.45, 7) is 3.62. The van der Waals surface area contributed by atoms with Gasteiger partial charge in [-0.05, 0) is 38.5 Å². The first-order valence-corrected chi connectivity index (χ1v) is 7.61. The van der Waals surface area contributed by atoms with Crippen molar-refractivity contribution in [3.05, 3.63) is 34.1 Å². The number of likely N-dealkylation sites (tertiary alicyclic amines) is 1. The molecule has 1 aliphatic heterocycles. The molecule has 21 heavy (non-hydrogen) atoms. The van der Waals surface area contributed by atoms with Crippen molar-refractivity contribution in [2.45, 2.75) is 38.8 Å². The van der Waals surface area contributed by atoms with Crippen molar-refractivity contribution in [3.8, 4) is 0 Å². The molecule has 0 spiro atoms. The van der Waals surface area contributed by atoms with Crippen LogP contribution >= 0.6 is 15.9 Å². The Morgan fingerprint density at radius 3 is 2.71 bits per heavy atom. The summed E-state index contributed by atoms with van der Waals surface area (Å²) in [4.78, 5) is 25.2. The van der Waals surface area contributed by atoms with E-state index in [1.807, 2.05) is 13.8 Å². The highest BCUT2D eigenvalue weighted by atomic mass is 79.9. The third-order valence-corrected chi connectivity index (χ3v) is 4.28. The fraction of sp³-hybridized carbons (Fsp3) is 0.467. The summed E-state index contributed by atoms with van der Waals surface area (Å²) < 4.78 is 14.9. The molecule has 0 bridgehead atoms. The molecule has 2 atom stereocenters. The normalized spacial score (nSPS) is 22.7. The molecule has 0 aromatic heterocycles. The molecule has 1 fully saturated rings. The minimum absolute atomic E-state index is 0.133. The van der Waals surface area contributed by atoms with Crippen molar-refractivity contribution < 1.29 is 19.1 Å². The number of nitrogens with zero attached hydrogens (tertiary/aromatic N) is 1. The molecule has 1 amide bonds. The van der Waals surface area contributed by atoms with Crippen LogP contribution < -0.4 is 0 Å². The monoisotopic (exact) mass is 357 g/mol. The fourth-order valence-corrected chi connectivity index (χ4v) is 3.27. The Bertz CT molecular complexity index is 576. The molecule has 0 saturated carbocycles. The SMILES string of the molecule is CC(C)N1C(=O)CCC(C(=O)O)C1c1cc(Br)ccc1F. The van der Waals surface area contributed by atoms with Gasteiger partial charge in [0, 0.05) is 22.5 Å². The topological polar surface area (TPSA) is 57.6 Å². The third-order valence-electron chi connectivity index (χ3n) is 3.79. The fourth-order valence-electron chi connectivity index (χ4n) is 2.89. The molecule has 1 heterocycles. The molecule has 1 N–H and O–H groups in total. The molecule has 1 aliphatic rings. The number of piperidine rings is 1. The van der Waals surface area contributed by atoms with Gasteiger partial charge in [-0.3, -0.25) is 9.59 Å². The van der Waals surface area contributed by atoms with Crippen LogP contribution in [0.15, 0.2) is 22.7 Å². The molecule has 2 rings (SSSR count). The van der Waals surface area contributed by atoms with Crippen molar-refractivity contribution in [1.82, 2.24) is 4.90 Å². The quantitative estimate of drug-likeness (QED) is 0.902. The van der Waals surface area contributed by atoms with E-state index >= 15 is 0 Å². The van der Waals surface area contributed by atoms with Crippen LogP contribution in [0, 0.1) is 11.7 Å². The predicted molar refractivity (Wildman–Crippen MR) is 79.2 cm³/mol. The minimum Gasteiger partial charge on any atom is -0.481 e. The lowest BCUT2D eigenvalue weighted by Crippen LogP contribution is -2.48. The van der Waals surface area contributed by atoms with Gasteiger partial charge in [0.1, 0.15) is 5.82 Å². The molecule has 1 saturated heterocycles. The van der Waals surface area contributed by atoms with E-state index in [1.165, 1.54) is 11.0 Å². The maximum atomic E-state index is 14.2. The van der Waals surface area contributed by atoms with Gasteiger partial charge in [-0.1, -0.05) is 15.9 Å². The first-order chi connectivity index (χ1) is 9.82. The second kappa shape index (κ2) is 6.13. The number of benzene rings is 1. The number of carbonyl (C=O) groups excluding carboxylic acids is 1. The van der Waals surface area contributed by atoms with E-state index in [1.54, 1.807) is 12.1 Å². The molecule has 0 radical (unpaired) electrons. The maximum Gasteiger partial charge on any atom is 0.308 e. The number of halogens is 2. The van der Waals surface area contributed by atoms with Crippen LogP contribution in [0.4, 0.5) is 4.39 Å². The van der Waals surface area contributed by atoms with Gasteiger partial charge >= 0.3 is 5.97 Å². The van der Waals surface area contributed by atoms with Crippen LogP contribution in [0.5, 0.6) is 0 Å². The summed E-state index contributed by atoms with van der Waals surface area (Å²) in [6.07, 6.45) is 0.412. The van der Waals surface area contributed by atoms with Crippen molar-refractivity contribution in [2.24, 2.45) is 5.92 Å². The number of carbonyl (C=O) groups is 2. The van der Waals surface area contributed by atoms with Gasteiger partial charge in [0.15, 0.2) is 0 Å². The lowest BCUT2D eigenvalue weighted by molar-refractivity contribution is -0.153. The van der Waals surface area contributed by atoms with Gasteiger partial charge in [0.05, 0.1) is 12.0 Å². The molecule has 4 nitrogen and oxygen atoms in total. The first-order valence-electron chi connectivity index (χ1n) is 6.82. The number of aliphatic carboxylic acids is 1. The summed E-state index contributed by atoms with van der Waals surface area (Å²) in [7, 11) is 0. The summed E-state index contributed by atoms with van der Waals surface area (Å²) >= 11 is 3.27. The molecule has 2 unspecified atom stereocenters. The van der Waals surface area contributed by atoms with Crippen LogP contribution in [0.3, 0.4) is 0 Å². The predicted octanol–water partition coefficient (Wildman–Crippen LogP) is 3.36. The van der Waals surface area contributed by atoms with Gasteiger partial charge in [-0.15, -0.1) is 0 Å². The Hall–Kier alpha value is -1.43. The third kappa shape index (κ3) is 3.10. The molecular formula is C15H17BrFNO3. The maximum absolute atomic E-state index is 14.2. The molecule has 0 aliphatic carbocycles. The lowest BCUT2D eigenvalue weighted by atomic mass is 9.83. The van der Waals surface area contributed by atoms with E-state index in [-0.39, 0.29) is 30.4 Å². The number of rotatable bonds is 3. The molecule has 1 aromatic carbocycles. The highest BCUT2D eigenvalue weighted by Gasteiger charge is 2.42. The number of hydrogen-bond acceptors (Lipinski definition) is 2. The summed E-state index contributed by atoms with van der Waals surface area (Å²) in [5.41, 5.74) is 0.249. The van der Waals surface area contributed by atoms with Crippen LogP contribution in [0.25, 0.3) is 0 Å². The van der Waals surface area contributed by atoms with Crippen molar-refractivity contribution >= 4 is 27.8 Å². The van der Waals surface area contributed by atoms with E-state index in [0.29, 0.717) is 4.47 Å². The Morgan fingerprint density at radius 2 is 2.14 bits per heavy atom. The van der Waals surface area contributed by atoms with E-state index in [9.17, 15) is 19.1 Å². The zero-order valence-electron chi connectivity index (χ0n) is 11.8. The largest absolute Gasteiger partial charge is 0.481 e. The Morgan fingerprint density at radius 1 is 1.48 bits per heavy atom. The van der Waals surface area contributed by atoms with Crippen molar-refractivity contribution in [1.29, 1.82) is 0 Å². The average molecular weight is 358 g/mol. The first kappa shape index (κ1) is 15.9. The van der Waals surface area contributed by atoms with E-state index in [2.05, 4.69) is 15.9 Å². The standard InChI is InChI=1S/C15H17BrFNO3/c1-8(2)18-13(19)6-4-10(15(20)21)14(18)11-7-9(16)3-5-12(11)17/h3,5,7-8,10,14H,4,6H2,1-2H3,(H,20,21). The summed E-state index contributed by atoms with van der Waals surface area (Å²) in [5.74, 6) is -2.42. The van der Waals surface area contributed by atoms with Crippen LogP contribution in [0.1, 0.15) is 38.3 Å². The van der Waals surface area contributed by atoms with E-state index < -0.39 is 23.7 Å². The Labute approximate surface area is 131 Å².